The van der Waals surface area contributed by atoms with Crippen LogP contribution < -0.4 is 19.7 Å². The number of carbonyl (C=O) groups excluding carboxylic acids is 2. The van der Waals surface area contributed by atoms with Crippen molar-refractivity contribution in [1.82, 2.24) is 5.32 Å². The lowest BCUT2D eigenvalue weighted by molar-refractivity contribution is -0.136. The van der Waals surface area contributed by atoms with Crippen LogP contribution >= 0.6 is 0 Å². The Balaban J connectivity index is 1.59. The van der Waals surface area contributed by atoms with Crippen LogP contribution in [0.5, 0.6) is 5.75 Å². The van der Waals surface area contributed by atoms with E-state index < -0.39 is 21.8 Å². The monoisotopic (exact) mass is 459 g/mol. The molecular weight excluding hydrogens is 430 g/mol. The molecule has 1 heterocycles. The molecule has 1 aliphatic rings. The second-order valence-electron chi connectivity index (χ2n) is 7.83. The number of aryl methyl sites for hydroxylation is 1. The first-order chi connectivity index (χ1) is 15.3. The van der Waals surface area contributed by atoms with E-state index in [-0.39, 0.29) is 11.8 Å². The molecule has 0 radical (unpaired) electrons. The third-order valence-corrected chi connectivity index (χ3v) is 7.20. The van der Waals surface area contributed by atoms with E-state index in [0.29, 0.717) is 36.5 Å². The lowest BCUT2D eigenvalue weighted by atomic mass is 10.1. The van der Waals surface area contributed by atoms with Crippen molar-refractivity contribution < 1.29 is 22.7 Å². The molecule has 2 amide bonds. The smallest absolute Gasteiger partial charge is 0.313 e. The maximum absolute atomic E-state index is 12.4. The first kappa shape index (κ1) is 23.6. The summed E-state index contributed by atoms with van der Waals surface area (Å²) in [5.41, 5.74) is 1.93. The van der Waals surface area contributed by atoms with Gasteiger partial charge in [0.05, 0.1) is 18.6 Å². The topological polar surface area (TPSA) is 105 Å². The number of sulfonamides is 1. The van der Waals surface area contributed by atoms with Crippen LogP contribution in [-0.2, 0) is 26.0 Å². The van der Waals surface area contributed by atoms with Gasteiger partial charge in [0.25, 0.3) is 0 Å². The van der Waals surface area contributed by atoms with Gasteiger partial charge < -0.3 is 15.4 Å². The van der Waals surface area contributed by atoms with Gasteiger partial charge in [0.2, 0.25) is 10.0 Å². The van der Waals surface area contributed by atoms with E-state index in [1.165, 1.54) is 23.0 Å². The Morgan fingerprint density at radius 1 is 1.09 bits per heavy atom. The Morgan fingerprint density at radius 2 is 1.84 bits per heavy atom. The molecule has 0 saturated carbocycles. The van der Waals surface area contributed by atoms with Crippen LogP contribution in [0.15, 0.2) is 48.5 Å². The highest BCUT2D eigenvalue weighted by Gasteiger charge is 2.28. The fourth-order valence-corrected chi connectivity index (χ4v) is 5.25. The van der Waals surface area contributed by atoms with Crippen LogP contribution in [0.1, 0.15) is 31.7 Å². The molecule has 2 aromatic rings. The Morgan fingerprint density at radius 3 is 2.53 bits per heavy atom. The number of ether oxygens (including phenoxy) is 1. The molecule has 1 fully saturated rings. The number of methoxy groups -OCH3 is 1. The van der Waals surface area contributed by atoms with Crippen LogP contribution in [0.3, 0.4) is 0 Å². The average Bonchev–Trinajstić information content (AvgIpc) is 2.78. The molecule has 1 aliphatic heterocycles. The van der Waals surface area contributed by atoms with Crippen molar-refractivity contribution in [1.29, 1.82) is 0 Å². The van der Waals surface area contributed by atoms with Crippen molar-refractivity contribution in [3.05, 3.63) is 54.1 Å². The molecule has 9 heteroatoms. The van der Waals surface area contributed by atoms with Crippen LogP contribution in [0.2, 0.25) is 0 Å². The van der Waals surface area contributed by atoms with E-state index in [0.717, 1.165) is 12.8 Å². The molecule has 0 bridgehead atoms. The van der Waals surface area contributed by atoms with Gasteiger partial charge in [-0.1, -0.05) is 30.3 Å². The quantitative estimate of drug-likeness (QED) is 0.620. The summed E-state index contributed by atoms with van der Waals surface area (Å²) in [5, 5.41) is 5.25. The zero-order chi connectivity index (χ0) is 23.1. The molecule has 2 N–H and O–H groups in total. The molecule has 172 valence electrons. The molecular formula is C23H29N3O5S. The van der Waals surface area contributed by atoms with E-state index >= 15 is 0 Å². The van der Waals surface area contributed by atoms with Crippen molar-refractivity contribution >= 4 is 33.2 Å². The molecule has 0 spiro atoms. The number of nitrogens with zero attached hydrogens (tertiary/aromatic N) is 1. The molecule has 2 aromatic carbocycles. The highest BCUT2D eigenvalue weighted by molar-refractivity contribution is 7.92. The van der Waals surface area contributed by atoms with E-state index in [1.54, 1.807) is 12.1 Å². The average molecular weight is 460 g/mol. The van der Waals surface area contributed by atoms with Gasteiger partial charge in [0.1, 0.15) is 5.75 Å². The largest absolute Gasteiger partial charge is 0.494 e. The summed E-state index contributed by atoms with van der Waals surface area (Å²) < 4.78 is 31.5. The predicted octanol–water partition coefficient (Wildman–Crippen LogP) is 2.70. The van der Waals surface area contributed by atoms with Gasteiger partial charge in [-0.3, -0.25) is 13.9 Å². The Hall–Kier alpha value is -3.07. The van der Waals surface area contributed by atoms with Crippen LogP contribution in [0, 0.1) is 0 Å². The number of hydrogen-bond donors (Lipinski definition) is 2. The number of rotatable bonds is 7. The molecule has 8 nitrogen and oxygen atoms in total. The second kappa shape index (κ2) is 10.5. The summed E-state index contributed by atoms with van der Waals surface area (Å²) in [4.78, 5) is 24.6. The minimum absolute atomic E-state index is 0.0945. The SMILES string of the molecule is COc1cc(NC(=O)C(=O)N[C@H](C)CCc2ccccc2)ccc1N1CCCCS1(=O)=O. The molecule has 1 atom stereocenters. The van der Waals surface area contributed by atoms with Crippen LogP contribution in [-0.4, -0.2) is 45.7 Å². The van der Waals surface area contributed by atoms with E-state index in [1.807, 2.05) is 37.3 Å². The van der Waals surface area contributed by atoms with E-state index in [2.05, 4.69) is 10.6 Å². The number of nitrogens with one attached hydrogen (secondary N) is 2. The summed E-state index contributed by atoms with van der Waals surface area (Å²) in [6.07, 6.45) is 2.90. The number of benzene rings is 2. The first-order valence-corrected chi connectivity index (χ1v) is 12.3. The molecule has 1 saturated heterocycles. The number of anilines is 2. The van der Waals surface area contributed by atoms with Crippen LogP contribution in [0.4, 0.5) is 11.4 Å². The molecule has 32 heavy (non-hydrogen) atoms. The Labute approximate surface area is 189 Å². The molecule has 0 aliphatic carbocycles. The first-order valence-electron chi connectivity index (χ1n) is 10.6. The summed E-state index contributed by atoms with van der Waals surface area (Å²) >= 11 is 0. The number of amides is 2. The van der Waals surface area contributed by atoms with Crippen molar-refractivity contribution in [3.63, 3.8) is 0 Å². The zero-order valence-electron chi connectivity index (χ0n) is 18.3. The summed E-state index contributed by atoms with van der Waals surface area (Å²) in [6, 6.07) is 14.4. The summed E-state index contributed by atoms with van der Waals surface area (Å²) in [6.45, 7) is 2.23. The Kier molecular flexibility index (Phi) is 7.74. The van der Waals surface area contributed by atoms with Gasteiger partial charge in [-0.25, -0.2) is 8.42 Å². The second-order valence-corrected chi connectivity index (χ2v) is 9.85. The maximum atomic E-state index is 12.4. The van der Waals surface area contributed by atoms with Gasteiger partial charge in [-0.15, -0.1) is 0 Å². The fraction of sp³-hybridized carbons (Fsp3) is 0.391. The minimum atomic E-state index is -3.40. The summed E-state index contributed by atoms with van der Waals surface area (Å²) in [5.74, 6) is -1.12. The Bertz CT molecular complexity index is 1060. The third kappa shape index (κ3) is 6.00. The zero-order valence-corrected chi connectivity index (χ0v) is 19.2. The summed E-state index contributed by atoms with van der Waals surface area (Å²) in [7, 11) is -1.96. The van der Waals surface area contributed by atoms with Crippen LogP contribution in [0.25, 0.3) is 0 Å². The van der Waals surface area contributed by atoms with Crippen molar-refractivity contribution in [3.8, 4) is 5.75 Å². The number of hydrogen-bond acceptors (Lipinski definition) is 5. The normalized spacial score (nSPS) is 16.1. The van der Waals surface area contributed by atoms with Gasteiger partial charge in [0.15, 0.2) is 0 Å². The molecule has 0 unspecified atom stereocenters. The van der Waals surface area contributed by atoms with Crippen molar-refractivity contribution in [2.75, 3.05) is 29.0 Å². The van der Waals surface area contributed by atoms with Crippen molar-refractivity contribution in [2.45, 2.75) is 38.6 Å². The highest BCUT2D eigenvalue weighted by Crippen LogP contribution is 2.34. The van der Waals surface area contributed by atoms with Gasteiger partial charge in [0, 0.05) is 24.3 Å². The number of carbonyl (C=O) groups is 2. The molecule has 0 aromatic heterocycles. The molecule has 3 rings (SSSR count). The maximum Gasteiger partial charge on any atom is 0.313 e. The van der Waals surface area contributed by atoms with E-state index in [4.69, 9.17) is 4.74 Å². The van der Waals surface area contributed by atoms with Gasteiger partial charge in [-0.05, 0) is 50.3 Å². The highest BCUT2D eigenvalue weighted by atomic mass is 32.2. The van der Waals surface area contributed by atoms with Gasteiger partial charge >= 0.3 is 11.8 Å². The van der Waals surface area contributed by atoms with E-state index in [9.17, 15) is 18.0 Å². The standard InChI is InChI=1S/C23H29N3O5S/c1-17(10-11-18-8-4-3-5-9-18)24-22(27)23(28)25-19-12-13-20(21(16-19)31-2)26-14-6-7-15-32(26,29)30/h3-5,8-9,12-13,16-17H,6-7,10-11,14-15H2,1-2H3,(H,24,27)(H,25,28)/t17-/m1/s1. The lowest BCUT2D eigenvalue weighted by Crippen LogP contribution is -2.40. The van der Waals surface area contributed by atoms with Crippen molar-refractivity contribution in [2.24, 2.45) is 0 Å². The fourth-order valence-electron chi connectivity index (χ4n) is 3.60. The predicted molar refractivity (Wildman–Crippen MR) is 124 cm³/mol. The minimum Gasteiger partial charge on any atom is -0.494 e. The van der Waals surface area contributed by atoms with Gasteiger partial charge in [-0.2, -0.15) is 0 Å². The third-order valence-electron chi connectivity index (χ3n) is 5.35. The lowest BCUT2D eigenvalue weighted by Gasteiger charge is -2.29.